The van der Waals surface area contributed by atoms with E-state index in [-0.39, 0.29) is 0 Å². The minimum Gasteiger partial charge on any atom is -0.366 e. The molecule has 0 bridgehead atoms. The predicted molar refractivity (Wildman–Crippen MR) is 61.2 cm³/mol. The van der Waals surface area contributed by atoms with Gasteiger partial charge >= 0.3 is 31.2 Å². The Labute approximate surface area is 124 Å². The molecule has 1 saturated heterocycles. The third kappa shape index (κ3) is 6.75. The van der Waals surface area contributed by atoms with Crippen LogP contribution in [0.4, 0.5) is 0 Å². The molecule has 0 radical (unpaired) electrons. The van der Waals surface area contributed by atoms with Gasteiger partial charge in [-0.25, -0.2) is 12.5 Å². The summed E-state index contributed by atoms with van der Waals surface area (Å²) in [6.07, 6.45) is -8.93. The summed E-state index contributed by atoms with van der Waals surface area (Å²) in [5.41, 5.74) is 0. The van der Waals surface area contributed by atoms with Crippen molar-refractivity contribution in [1.29, 1.82) is 0 Å². The van der Waals surface area contributed by atoms with Crippen LogP contribution in [0.5, 0.6) is 0 Å². The van der Waals surface area contributed by atoms with Crippen molar-refractivity contribution in [3.8, 4) is 0 Å². The number of hydrogen-bond acceptors (Lipinski definition) is 11. The van der Waals surface area contributed by atoms with Crippen LogP contribution in [-0.4, -0.2) is 75.2 Å². The lowest BCUT2D eigenvalue weighted by molar-refractivity contribution is -0.235. The topological polar surface area (TPSA) is 220 Å². The highest BCUT2D eigenvalue weighted by Crippen LogP contribution is 2.25. The Bertz CT molecular complexity index is 689. The molecule has 0 aliphatic carbocycles. The molecule has 4 atom stereocenters. The zero-order chi connectivity index (χ0) is 17.3. The fourth-order valence-corrected chi connectivity index (χ4v) is 2.97. The average Bonchev–Trinajstić information content (AvgIpc) is 2.22. The van der Waals surface area contributed by atoms with Gasteiger partial charge in [-0.3, -0.25) is 13.7 Å². The second-order valence-electron chi connectivity index (χ2n) is 3.76. The third-order valence-corrected chi connectivity index (χ3v) is 3.53. The van der Waals surface area contributed by atoms with Crippen LogP contribution < -0.4 is 0 Å². The lowest BCUT2D eigenvalue weighted by atomic mass is 10.1. The van der Waals surface area contributed by atoms with E-state index in [9.17, 15) is 30.4 Å². The van der Waals surface area contributed by atoms with Crippen molar-refractivity contribution in [3.05, 3.63) is 0 Å². The molecule has 22 heavy (non-hydrogen) atoms. The van der Waals surface area contributed by atoms with Gasteiger partial charge in [-0.05, 0) is 0 Å². The molecule has 1 rings (SSSR count). The van der Waals surface area contributed by atoms with Gasteiger partial charge in [0.1, 0.15) is 12.2 Å². The molecule has 0 saturated carbocycles. The molecule has 0 amide bonds. The summed E-state index contributed by atoms with van der Waals surface area (Å²) in [6.45, 7) is -0.910. The Kier molecular flexibility index (Phi) is 5.84. The van der Waals surface area contributed by atoms with E-state index in [1.807, 2.05) is 0 Å². The Morgan fingerprint density at radius 3 is 1.59 bits per heavy atom. The molecule has 1 aliphatic rings. The van der Waals surface area contributed by atoms with Crippen LogP contribution in [-0.2, 0) is 48.5 Å². The number of rotatable bonds is 6. The summed E-state index contributed by atoms with van der Waals surface area (Å²) in [7, 11) is -15.8. The summed E-state index contributed by atoms with van der Waals surface area (Å²) in [6, 6.07) is 0. The summed E-state index contributed by atoms with van der Waals surface area (Å²) in [5.74, 6) is 0. The molecular formula is C5H10O14S3. The Morgan fingerprint density at radius 1 is 0.773 bits per heavy atom. The largest absolute Gasteiger partial charge is 0.397 e. The standard InChI is InChI=1S/C5H10O14S3/c6-5-4(19-22(13,14)15)3(18-21(10,11)12)2(1-16-5)17-20(7,8)9/h2-6H,1H2,(H,7,8,9)(H,10,11,12)(H,13,14,15)/t2-,3+,4-,5-/m1/s1. The van der Waals surface area contributed by atoms with Crippen molar-refractivity contribution in [2.45, 2.75) is 24.6 Å². The zero-order valence-electron chi connectivity index (χ0n) is 10.1. The predicted octanol–water partition coefficient (Wildman–Crippen LogP) is -3.10. The van der Waals surface area contributed by atoms with Gasteiger partial charge in [0.2, 0.25) is 0 Å². The van der Waals surface area contributed by atoms with Crippen molar-refractivity contribution >= 4 is 31.2 Å². The molecule has 17 heteroatoms. The lowest BCUT2D eigenvalue weighted by Crippen LogP contribution is -2.57. The first-order valence-corrected chi connectivity index (χ1v) is 9.04. The fraction of sp³-hybridized carbons (Fsp3) is 1.00. The number of hydrogen-bond donors (Lipinski definition) is 4. The van der Waals surface area contributed by atoms with Crippen LogP contribution in [0.3, 0.4) is 0 Å². The van der Waals surface area contributed by atoms with E-state index in [0.717, 1.165) is 0 Å². The van der Waals surface area contributed by atoms with E-state index >= 15 is 0 Å². The first-order chi connectivity index (χ1) is 9.68. The number of aliphatic hydroxyl groups is 1. The minimum absolute atomic E-state index is 0.910. The Balaban J connectivity index is 3.17. The van der Waals surface area contributed by atoms with Crippen molar-refractivity contribution in [2.75, 3.05) is 6.61 Å². The molecular weight excluding hydrogens is 380 g/mol. The molecule has 14 nitrogen and oxygen atoms in total. The van der Waals surface area contributed by atoms with Gasteiger partial charge < -0.3 is 9.84 Å². The maximum absolute atomic E-state index is 10.7. The Morgan fingerprint density at radius 2 is 1.18 bits per heavy atom. The molecule has 1 aliphatic heterocycles. The van der Waals surface area contributed by atoms with E-state index in [1.54, 1.807) is 0 Å². The van der Waals surface area contributed by atoms with Crippen LogP contribution >= 0.6 is 0 Å². The summed E-state index contributed by atoms with van der Waals surface area (Å²) >= 11 is 0. The van der Waals surface area contributed by atoms with Crippen molar-refractivity contribution in [3.63, 3.8) is 0 Å². The van der Waals surface area contributed by atoms with Crippen molar-refractivity contribution in [1.82, 2.24) is 0 Å². The smallest absolute Gasteiger partial charge is 0.366 e. The molecule has 4 N–H and O–H groups in total. The van der Waals surface area contributed by atoms with Gasteiger partial charge in [0, 0.05) is 0 Å². The van der Waals surface area contributed by atoms with Gasteiger partial charge in [0.05, 0.1) is 6.61 Å². The normalized spacial score (nSPS) is 31.1. The van der Waals surface area contributed by atoms with Gasteiger partial charge in [-0.1, -0.05) is 0 Å². The molecule has 0 aromatic rings. The Hall–Kier alpha value is -0.470. The number of aliphatic hydroxyl groups excluding tert-OH is 1. The van der Waals surface area contributed by atoms with E-state index in [0.29, 0.717) is 0 Å². The van der Waals surface area contributed by atoms with Crippen LogP contribution in [0, 0.1) is 0 Å². The molecule has 0 unspecified atom stereocenters. The van der Waals surface area contributed by atoms with Crippen LogP contribution in [0.2, 0.25) is 0 Å². The van der Waals surface area contributed by atoms with Crippen molar-refractivity contribution in [2.24, 2.45) is 0 Å². The van der Waals surface area contributed by atoms with Gasteiger partial charge in [0.25, 0.3) is 0 Å². The van der Waals surface area contributed by atoms with E-state index in [2.05, 4.69) is 17.3 Å². The number of ether oxygens (including phenoxy) is 1. The third-order valence-electron chi connectivity index (χ3n) is 2.11. The molecule has 1 heterocycles. The summed E-state index contributed by atoms with van der Waals surface area (Å²) < 4.78 is 106. The summed E-state index contributed by atoms with van der Waals surface area (Å²) in [5, 5.41) is 9.37. The van der Waals surface area contributed by atoms with E-state index in [4.69, 9.17) is 13.7 Å². The molecule has 0 spiro atoms. The molecule has 132 valence electrons. The van der Waals surface area contributed by atoms with Gasteiger partial charge in [-0.15, -0.1) is 0 Å². The van der Waals surface area contributed by atoms with Crippen molar-refractivity contribution < 1.29 is 61.3 Å². The highest BCUT2D eigenvalue weighted by atomic mass is 32.3. The first kappa shape index (κ1) is 19.6. The minimum atomic E-state index is -5.30. The second-order valence-corrected chi connectivity index (χ2v) is 6.91. The highest BCUT2D eigenvalue weighted by molar-refractivity contribution is 7.81. The second kappa shape index (κ2) is 6.57. The maximum Gasteiger partial charge on any atom is 0.397 e. The first-order valence-electron chi connectivity index (χ1n) is 4.95. The lowest BCUT2D eigenvalue weighted by Gasteiger charge is -2.36. The quantitative estimate of drug-likeness (QED) is 0.330. The van der Waals surface area contributed by atoms with Crippen LogP contribution in [0.15, 0.2) is 0 Å². The van der Waals surface area contributed by atoms with E-state index < -0.39 is 62.4 Å². The highest BCUT2D eigenvalue weighted by Gasteiger charge is 2.48. The monoisotopic (exact) mass is 390 g/mol. The van der Waals surface area contributed by atoms with Gasteiger partial charge in [0.15, 0.2) is 12.4 Å². The maximum atomic E-state index is 10.7. The van der Waals surface area contributed by atoms with Gasteiger partial charge in [-0.2, -0.15) is 25.3 Å². The summed E-state index contributed by atoms with van der Waals surface area (Å²) in [4.78, 5) is 0. The van der Waals surface area contributed by atoms with Crippen LogP contribution in [0.1, 0.15) is 0 Å². The molecule has 1 fully saturated rings. The molecule has 0 aromatic heterocycles. The van der Waals surface area contributed by atoms with Crippen LogP contribution in [0.25, 0.3) is 0 Å². The average molecular weight is 390 g/mol. The zero-order valence-corrected chi connectivity index (χ0v) is 12.6. The molecule has 0 aromatic carbocycles. The fourth-order valence-electron chi connectivity index (χ4n) is 1.50. The SMILES string of the molecule is O=S(=O)(O)O[C@@H]1[C@@H](OS(=O)(=O)O)[C@H](OS(=O)(=O)O)CO[C@H]1O. The van der Waals surface area contributed by atoms with E-state index in [1.165, 1.54) is 0 Å².